The summed E-state index contributed by atoms with van der Waals surface area (Å²) in [5.41, 5.74) is 0. The van der Waals surface area contributed by atoms with Crippen LogP contribution in [0.4, 0.5) is 4.79 Å². The Labute approximate surface area is 102 Å². The van der Waals surface area contributed by atoms with Gasteiger partial charge in [-0.3, -0.25) is 0 Å². The molecule has 3 N–H and O–H groups in total. The maximum Gasteiger partial charge on any atom is 0.328 e. The van der Waals surface area contributed by atoms with E-state index in [1.807, 2.05) is 20.8 Å². The summed E-state index contributed by atoms with van der Waals surface area (Å²) in [4.78, 5) is 23.9. The van der Waals surface area contributed by atoms with Crippen molar-refractivity contribution < 1.29 is 19.8 Å². The third-order valence-electron chi connectivity index (χ3n) is 2.68. The fraction of sp³-hybridized carbons (Fsp3) is 0.818. The first-order chi connectivity index (χ1) is 7.96. The number of nitrogens with one attached hydrogen (secondary N) is 1. The van der Waals surface area contributed by atoms with Crippen LogP contribution >= 0.6 is 0 Å². The van der Waals surface area contributed by atoms with Gasteiger partial charge in [0.1, 0.15) is 0 Å². The number of nitrogens with zero attached hydrogens (tertiary/aromatic N) is 1. The Bertz CT molecular complexity index is 258. The Balaban J connectivity index is 4.38. The minimum Gasteiger partial charge on any atom is -0.480 e. The Morgan fingerprint density at radius 2 is 1.94 bits per heavy atom. The molecule has 1 unspecified atom stereocenters. The van der Waals surface area contributed by atoms with E-state index in [9.17, 15) is 9.59 Å². The van der Waals surface area contributed by atoms with E-state index in [2.05, 4.69) is 5.32 Å². The van der Waals surface area contributed by atoms with Gasteiger partial charge in [0.15, 0.2) is 6.04 Å². The molecule has 0 aliphatic carbocycles. The lowest BCUT2D eigenvalue weighted by molar-refractivity contribution is -0.140. The van der Waals surface area contributed by atoms with Crippen molar-refractivity contribution in [3.05, 3.63) is 0 Å². The van der Waals surface area contributed by atoms with Gasteiger partial charge < -0.3 is 20.4 Å². The van der Waals surface area contributed by atoms with Gasteiger partial charge in [0.2, 0.25) is 0 Å². The van der Waals surface area contributed by atoms with Crippen LogP contribution < -0.4 is 5.32 Å². The molecule has 0 aromatic heterocycles. The monoisotopic (exact) mass is 246 g/mol. The standard InChI is InChI=1S/C11H22N2O4/c1-4-8(3)6-13(5-2)11(17)12-9(7-14)10(15)16/h8-9,14H,4-7H2,1-3H3,(H,12,17)(H,15,16)/t8?,9-/m0/s1. The average Bonchev–Trinajstić information content (AvgIpc) is 2.31. The molecule has 0 aliphatic rings. The van der Waals surface area contributed by atoms with Crippen molar-refractivity contribution in [1.29, 1.82) is 0 Å². The quantitative estimate of drug-likeness (QED) is 0.610. The molecule has 0 aromatic carbocycles. The third-order valence-corrected chi connectivity index (χ3v) is 2.68. The molecule has 0 aliphatic heterocycles. The number of carbonyl (C=O) groups is 2. The Morgan fingerprint density at radius 3 is 2.29 bits per heavy atom. The SMILES string of the molecule is CCC(C)CN(CC)C(=O)N[C@@H](CO)C(=O)O. The number of carboxylic acids is 1. The van der Waals surface area contributed by atoms with Gasteiger partial charge >= 0.3 is 12.0 Å². The van der Waals surface area contributed by atoms with Crippen molar-refractivity contribution >= 4 is 12.0 Å². The van der Waals surface area contributed by atoms with Crippen molar-refractivity contribution in [1.82, 2.24) is 10.2 Å². The third kappa shape index (κ3) is 5.53. The second-order valence-corrected chi connectivity index (χ2v) is 4.07. The Hall–Kier alpha value is -1.30. The summed E-state index contributed by atoms with van der Waals surface area (Å²) in [6, 6.07) is -1.69. The van der Waals surface area contributed by atoms with Crippen molar-refractivity contribution in [2.45, 2.75) is 33.2 Å². The lowest BCUT2D eigenvalue weighted by atomic mass is 10.1. The smallest absolute Gasteiger partial charge is 0.328 e. The minimum atomic E-state index is -1.24. The Morgan fingerprint density at radius 1 is 1.35 bits per heavy atom. The molecular weight excluding hydrogens is 224 g/mol. The molecule has 6 nitrogen and oxygen atoms in total. The minimum absolute atomic E-state index is 0.359. The molecule has 0 bridgehead atoms. The van der Waals surface area contributed by atoms with Gasteiger partial charge in [-0.1, -0.05) is 20.3 Å². The molecule has 2 atom stereocenters. The summed E-state index contributed by atoms with van der Waals surface area (Å²) in [7, 11) is 0. The number of hydrogen-bond donors (Lipinski definition) is 3. The normalized spacial score (nSPS) is 13.9. The highest BCUT2D eigenvalue weighted by atomic mass is 16.4. The molecule has 0 saturated carbocycles. The number of rotatable bonds is 7. The molecule has 17 heavy (non-hydrogen) atoms. The largest absolute Gasteiger partial charge is 0.480 e. The van der Waals surface area contributed by atoms with Crippen molar-refractivity contribution in [2.24, 2.45) is 5.92 Å². The number of hydrogen-bond acceptors (Lipinski definition) is 3. The van der Waals surface area contributed by atoms with Crippen molar-refractivity contribution in [2.75, 3.05) is 19.7 Å². The van der Waals surface area contributed by atoms with Crippen LogP contribution in [0.5, 0.6) is 0 Å². The first-order valence-corrected chi connectivity index (χ1v) is 5.85. The maximum absolute atomic E-state index is 11.7. The van der Waals surface area contributed by atoms with Crippen LogP contribution in [0.1, 0.15) is 27.2 Å². The molecule has 0 rings (SSSR count). The Kier molecular flexibility index (Phi) is 7.29. The van der Waals surface area contributed by atoms with Gasteiger partial charge in [-0.25, -0.2) is 9.59 Å². The molecule has 0 spiro atoms. The molecule has 0 heterocycles. The van der Waals surface area contributed by atoms with Gasteiger partial charge in [-0.2, -0.15) is 0 Å². The number of aliphatic hydroxyl groups excluding tert-OH is 1. The van der Waals surface area contributed by atoms with Crippen LogP contribution in [0.2, 0.25) is 0 Å². The van der Waals surface area contributed by atoms with Gasteiger partial charge in [-0.15, -0.1) is 0 Å². The summed E-state index contributed by atoms with van der Waals surface area (Å²) in [5.74, 6) is -0.876. The van der Waals surface area contributed by atoms with Crippen LogP contribution in [0.15, 0.2) is 0 Å². The summed E-state index contributed by atoms with van der Waals surface area (Å²) in [6.07, 6.45) is 0.951. The van der Waals surface area contributed by atoms with E-state index in [1.165, 1.54) is 0 Å². The number of urea groups is 1. The van der Waals surface area contributed by atoms with Crippen molar-refractivity contribution in [3.8, 4) is 0 Å². The van der Waals surface area contributed by atoms with E-state index in [-0.39, 0.29) is 0 Å². The highest BCUT2D eigenvalue weighted by molar-refractivity contribution is 5.82. The van der Waals surface area contributed by atoms with Gasteiger partial charge in [0.05, 0.1) is 6.61 Å². The fourth-order valence-electron chi connectivity index (χ4n) is 1.29. The fourth-order valence-corrected chi connectivity index (χ4v) is 1.29. The zero-order valence-electron chi connectivity index (χ0n) is 10.6. The van der Waals surface area contributed by atoms with Gasteiger partial charge in [0.25, 0.3) is 0 Å². The first kappa shape index (κ1) is 15.7. The van der Waals surface area contributed by atoms with E-state index >= 15 is 0 Å². The van der Waals surface area contributed by atoms with E-state index in [4.69, 9.17) is 10.2 Å². The molecule has 0 saturated heterocycles. The molecule has 100 valence electrons. The van der Waals surface area contributed by atoms with Crippen LogP contribution in [-0.4, -0.2) is 52.9 Å². The second-order valence-electron chi connectivity index (χ2n) is 4.07. The van der Waals surface area contributed by atoms with Crippen LogP contribution in [-0.2, 0) is 4.79 Å². The summed E-state index contributed by atoms with van der Waals surface area (Å²) in [6.45, 7) is 6.37. The van der Waals surface area contributed by atoms with Crippen LogP contribution in [0, 0.1) is 5.92 Å². The predicted molar refractivity (Wildman–Crippen MR) is 63.7 cm³/mol. The average molecular weight is 246 g/mol. The second kappa shape index (κ2) is 7.89. The topological polar surface area (TPSA) is 89.9 Å². The number of amides is 2. The van der Waals surface area contributed by atoms with Crippen LogP contribution in [0.25, 0.3) is 0 Å². The number of aliphatic carboxylic acids is 1. The lowest BCUT2D eigenvalue weighted by Gasteiger charge is -2.25. The molecule has 0 radical (unpaired) electrons. The summed E-state index contributed by atoms with van der Waals surface area (Å²) in [5, 5.41) is 19.8. The predicted octanol–water partition coefficient (Wildman–Crippen LogP) is 0.509. The highest BCUT2D eigenvalue weighted by Crippen LogP contribution is 2.04. The van der Waals surface area contributed by atoms with E-state index < -0.39 is 24.6 Å². The number of aliphatic hydroxyl groups is 1. The molecular formula is C11H22N2O4. The zero-order chi connectivity index (χ0) is 13.4. The lowest BCUT2D eigenvalue weighted by Crippen LogP contribution is -2.50. The molecule has 0 fully saturated rings. The molecule has 2 amide bonds. The molecule has 0 aromatic rings. The summed E-state index contributed by atoms with van der Waals surface area (Å²) < 4.78 is 0. The van der Waals surface area contributed by atoms with E-state index in [1.54, 1.807) is 4.90 Å². The van der Waals surface area contributed by atoms with Crippen molar-refractivity contribution in [3.63, 3.8) is 0 Å². The van der Waals surface area contributed by atoms with E-state index in [0.717, 1.165) is 6.42 Å². The maximum atomic E-state index is 11.7. The zero-order valence-corrected chi connectivity index (χ0v) is 10.6. The van der Waals surface area contributed by atoms with Gasteiger partial charge in [0, 0.05) is 13.1 Å². The van der Waals surface area contributed by atoms with Gasteiger partial charge in [-0.05, 0) is 12.8 Å². The summed E-state index contributed by atoms with van der Waals surface area (Å²) >= 11 is 0. The number of carbonyl (C=O) groups excluding carboxylic acids is 1. The van der Waals surface area contributed by atoms with E-state index in [0.29, 0.717) is 19.0 Å². The van der Waals surface area contributed by atoms with Crippen LogP contribution in [0.3, 0.4) is 0 Å². The first-order valence-electron chi connectivity index (χ1n) is 5.85. The molecule has 6 heteroatoms. The highest BCUT2D eigenvalue weighted by Gasteiger charge is 2.22. The number of carboxylic acid groups (broad SMARTS) is 1.